The molecule has 0 unspecified atom stereocenters. The molecule has 6 heteroatoms. The Kier molecular flexibility index (Phi) is 4.27. The molecule has 1 aromatic heterocycles. The molecule has 0 aliphatic heterocycles. The first-order chi connectivity index (χ1) is 9.72. The van der Waals surface area contributed by atoms with E-state index in [1.165, 1.54) is 0 Å². The number of hydrogen-bond donors (Lipinski definition) is 2. The minimum Gasteiger partial charge on any atom is -0.487 e. The van der Waals surface area contributed by atoms with E-state index in [9.17, 15) is 4.79 Å². The van der Waals surface area contributed by atoms with E-state index in [1.54, 1.807) is 42.5 Å². The molecule has 3 N–H and O–H groups in total. The van der Waals surface area contributed by atoms with Crippen LogP contribution in [0.15, 0.2) is 42.5 Å². The number of nitrogen functional groups attached to an aromatic ring is 1. The van der Waals surface area contributed by atoms with E-state index in [1.807, 2.05) is 11.5 Å². The van der Waals surface area contributed by atoms with Crippen molar-refractivity contribution < 1.29 is 9.53 Å². The van der Waals surface area contributed by atoms with Gasteiger partial charge in [0, 0.05) is 0 Å². The lowest BCUT2D eigenvalue weighted by atomic mass is 10.2. The molecule has 1 aromatic carbocycles. The number of amides is 1. The van der Waals surface area contributed by atoms with Gasteiger partial charge < -0.3 is 4.74 Å². The minimum atomic E-state index is -0.460. The summed E-state index contributed by atoms with van der Waals surface area (Å²) in [5.41, 5.74) is 3.35. The number of carbonyl (C=O) groups excluding carboxylic acids is 1. The lowest BCUT2D eigenvalue weighted by Gasteiger charge is -2.07. The molecule has 0 atom stereocenters. The Morgan fingerprint density at radius 3 is 2.90 bits per heavy atom. The van der Waals surface area contributed by atoms with Crippen molar-refractivity contribution in [1.29, 1.82) is 5.26 Å². The van der Waals surface area contributed by atoms with Gasteiger partial charge in [0.15, 0.2) is 0 Å². The number of nitrogens with zero attached hydrogens (tertiary/aromatic N) is 2. The summed E-state index contributed by atoms with van der Waals surface area (Å²) in [6.07, 6.45) is 0. The Bertz CT molecular complexity index is 664. The molecule has 6 nitrogen and oxygen atoms in total. The van der Waals surface area contributed by atoms with Crippen LogP contribution in [0, 0.1) is 11.3 Å². The van der Waals surface area contributed by atoms with Gasteiger partial charge in [-0.2, -0.15) is 5.26 Å². The molecule has 1 amide bonds. The third-order valence-electron chi connectivity index (χ3n) is 2.52. The van der Waals surface area contributed by atoms with E-state index >= 15 is 0 Å². The lowest BCUT2D eigenvalue weighted by Crippen LogP contribution is -2.30. The molecule has 0 saturated heterocycles. The Morgan fingerprint density at radius 1 is 1.35 bits per heavy atom. The predicted octanol–water partition coefficient (Wildman–Crippen LogP) is 1.14. The Balaban J connectivity index is 2.07. The summed E-state index contributed by atoms with van der Waals surface area (Å²) >= 11 is 0. The second-order valence-corrected chi connectivity index (χ2v) is 3.92. The monoisotopic (exact) mass is 268 g/mol. The Labute approximate surface area is 115 Å². The Hall–Kier alpha value is -2.91. The first-order valence-corrected chi connectivity index (χ1v) is 5.83. The minimum absolute atomic E-state index is 0.195. The number of ether oxygens (including phenoxy) is 1. The molecule has 0 aliphatic carbocycles. The summed E-state index contributed by atoms with van der Waals surface area (Å²) < 4.78 is 5.53. The molecule has 100 valence electrons. The standard InChI is InChI=1S/C14H12N4O2/c15-8-10-3-1-5-12(7-10)20-9-11-4-2-6-13(17-11)14(19)18-16/h1-7H,9,16H2,(H,18,19). The summed E-state index contributed by atoms with van der Waals surface area (Å²) in [4.78, 5) is 15.5. The van der Waals surface area contributed by atoms with Crippen molar-refractivity contribution in [2.24, 2.45) is 5.84 Å². The molecule has 0 aliphatic rings. The van der Waals surface area contributed by atoms with Crippen molar-refractivity contribution in [2.45, 2.75) is 6.61 Å². The van der Waals surface area contributed by atoms with Gasteiger partial charge in [-0.25, -0.2) is 10.8 Å². The zero-order valence-corrected chi connectivity index (χ0v) is 10.5. The number of hydrazine groups is 1. The van der Waals surface area contributed by atoms with Crippen LogP contribution in [0.3, 0.4) is 0 Å². The van der Waals surface area contributed by atoms with E-state index < -0.39 is 5.91 Å². The number of pyridine rings is 1. The SMILES string of the molecule is N#Cc1cccc(OCc2cccc(C(=O)NN)n2)c1. The summed E-state index contributed by atoms with van der Waals surface area (Å²) in [7, 11) is 0. The smallest absolute Gasteiger partial charge is 0.283 e. The maximum Gasteiger partial charge on any atom is 0.283 e. The molecule has 0 spiro atoms. The molecule has 2 rings (SSSR count). The number of nitriles is 1. The van der Waals surface area contributed by atoms with Crippen LogP contribution in [-0.2, 0) is 6.61 Å². The average Bonchev–Trinajstić information content (AvgIpc) is 2.52. The molecule has 0 saturated carbocycles. The van der Waals surface area contributed by atoms with E-state index in [4.69, 9.17) is 15.8 Å². The highest BCUT2D eigenvalue weighted by Crippen LogP contribution is 2.14. The molecule has 2 aromatic rings. The van der Waals surface area contributed by atoms with Crippen LogP contribution in [0.2, 0.25) is 0 Å². The number of carbonyl (C=O) groups is 1. The fraction of sp³-hybridized carbons (Fsp3) is 0.0714. The van der Waals surface area contributed by atoms with Gasteiger partial charge in [-0.3, -0.25) is 10.2 Å². The largest absolute Gasteiger partial charge is 0.487 e. The fourth-order valence-corrected chi connectivity index (χ4v) is 1.57. The maximum absolute atomic E-state index is 11.3. The highest BCUT2D eigenvalue weighted by atomic mass is 16.5. The third kappa shape index (κ3) is 3.31. The summed E-state index contributed by atoms with van der Waals surface area (Å²) in [5, 5.41) is 8.80. The molecule has 0 radical (unpaired) electrons. The fourth-order valence-electron chi connectivity index (χ4n) is 1.57. The van der Waals surface area contributed by atoms with Crippen molar-refractivity contribution in [3.63, 3.8) is 0 Å². The van der Waals surface area contributed by atoms with Gasteiger partial charge in [0.05, 0.1) is 17.3 Å². The number of nitrogens with one attached hydrogen (secondary N) is 1. The molecule has 20 heavy (non-hydrogen) atoms. The van der Waals surface area contributed by atoms with Crippen LogP contribution in [-0.4, -0.2) is 10.9 Å². The van der Waals surface area contributed by atoms with Gasteiger partial charge in [0.2, 0.25) is 0 Å². The van der Waals surface area contributed by atoms with Crippen LogP contribution in [0.5, 0.6) is 5.75 Å². The second-order valence-electron chi connectivity index (χ2n) is 3.92. The van der Waals surface area contributed by atoms with Crippen LogP contribution >= 0.6 is 0 Å². The molecule has 0 fully saturated rings. The number of nitrogens with two attached hydrogens (primary N) is 1. The topological polar surface area (TPSA) is 101 Å². The van der Waals surface area contributed by atoms with Gasteiger partial charge in [0.25, 0.3) is 5.91 Å². The molecular weight excluding hydrogens is 256 g/mol. The van der Waals surface area contributed by atoms with Crippen molar-refractivity contribution in [3.05, 3.63) is 59.4 Å². The molecular formula is C14H12N4O2. The number of rotatable bonds is 4. The van der Waals surface area contributed by atoms with Crippen molar-refractivity contribution in [1.82, 2.24) is 10.4 Å². The first kappa shape index (κ1) is 13.5. The van der Waals surface area contributed by atoms with E-state index in [-0.39, 0.29) is 12.3 Å². The molecule has 1 heterocycles. The second kappa shape index (κ2) is 6.31. The van der Waals surface area contributed by atoms with Gasteiger partial charge in [-0.15, -0.1) is 0 Å². The number of hydrogen-bond acceptors (Lipinski definition) is 5. The summed E-state index contributed by atoms with van der Waals surface area (Å²) in [5.74, 6) is 5.16. The average molecular weight is 268 g/mol. The predicted molar refractivity (Wildman–Crippen MR) is 71.4 cm³/mol. The van der Waals surface area contributed by atoms with Gasteiger partial charge in [-0.05, 0) is 30.3 Å². The Morgan fingerprint density at radius 2 is 2.15 bits per heavy atom. The summed E-state index contributed by atoms with van der Waals surface area (Å²) in [6.45, 7) is 0.195. The van der Waals surface area contributed by atoms with E-state index in [0.717, 1.165) is 0 Å². The van der Waals surface area contributed by atoms with Crippen LogP contribution in [0.1, 0.15) is 21.7 Å². The lowest BCUT2D eigenvalue weighted by molar-refractivity contribution is 0.0948. The maximum atomic E-state index is 11.3. The van der Waals surface area contributed by atoms with Crippen molar-refractivity contribution in [2.75, 3.05) is 0 Å². The van der Waals surface area contributed by atoms with Gasteiger partial charge in [-0.1, -0.05) is 12.1 Å². The van der Waals surface area contributed by atoms with Crippen LogP contribution < -0.4 is 16.0 Å². The number of benzene rings is 1. The normalized spacial score (nSPS) is 9.60. The molecule has 0 bridgehead atoms. The van der Waals surface area contributed by atoms with Crippen LogP contribution in [0.4, 0.5) is 0 Å². The zero-order chi connectivity index (χ0) is 14.4. The summed E-state index contributed by atoms with van der Waals surface area (Å²) in [6, 6.07) is 13.8. The zero-order valence-electron chi connectivity index (χ0n) is 10.5. The van der Waals surface area contributed by atoms with Crippen molar-refractivity contribution >= 4 is 5.91 Å². The van der Waals surface area contributed by atoms with E-state index in [2.05, 4.69) is 4.98 Å². The third-order valence-corrected chi connectivity index (χ3v) is 2.52. The quantitative estimate of drug-likeness (QED) is 0.492. The van der Waals surface area contributed by atoms with Crippen molar-refractivity contribution in [3.8, 4) is 11.8 Å². The highest BCUT2D eigenvalue weighted by molar-refractivity contribution is 5.91. The van der Waals surface area contributed by atoms with Gasteiger partial charge >= 0.3 is 0 Å². The van der Waals surface area contributed by atoms with Crippen LogP contribution in [0.25, 0.3) is 0 Å². The highest BCUT2D eigenvalue weighted by Gasteiger charge is 2.06. The first-order valence-electron chi connectivity index (χ1n) is 5.83. The van der Waals surface area contributed by atoms with E-state index in [0.29, 0.717) is 17.0 Å². The number of aromatic nitrogens is 1. The van der Waals surface area contributed by atoms with Gasteiger partial charge in [0.1, 0.15) is 18.1 Å².